The molecule has 160 valence electrons. The number of amides is 3. The summed E-state index contributed by atoms with van der Waals surface area (Å²) in [6, 6.07) is 4.20. The van der Waals surface area contributed by atoms with Crippen LogP contribution < -0.4 is 21.7 Å². The number of hydrogen-bond donors (Lipinski definition) is 6. The monoisotopic (exact) mass is 408 g/mol. The van der Waals surface area contributed by atoms with Crippen LogP contribution in [0.1, 0.15) is 25.8 Å². The number of benzene rings is 1. The average molecular weight is 408 g/mol. The van der Waals surface area contributed by atoms with Crippen molar-refractivity contribution in [2.45, 2.75) is 38.8 Å². The molecule has 1 aromatic rings. The number of carbonyl (C=O) groups excluding carboxylic acids is 3. The van der Waals surface area contributed by atoms with Gasteiger partial charge in [-0.2, -0.15) is 0 Å². The standard InChI is InChI=1S/C19H28N4O6/c1-3-11(2)17(20)19(29)21-9-15(25)23-14(18(28)22-10-16(26)27)8-12-4-6-13(24)7-5-12/h4-7,11,14,17,24H,3,8-10,20H2,1-2H3,(H,21,29)(H,22,28)(H,23,25)(H,26,27). The Labute approximate surface area is 168 Å². The SMILES string of the molecule is CCC(C)C(N)C(=O)NCC(=O)NC(Cc1ccc(O)cc1)C(=O)NCC(=O)O. The molecular weight excluding hydrogens is 380 g/mol. The molecule has 3 amide bonds. The van der Waals surface area contributed by atoms with Crippen molar-refractivity contribution in [3.8, 4) is 5.75 Å². The summed E-state index contributed by atoms with van der Waals surface area (Å²) >= 11 is 0. The minimum atomic E-state index is -1.22. The van der Waals surface area contributed by atoms with Crippen LogP contribution in [0, 0.1) is 5.92 Å². The lowest BCUT2D eigenvalue weighted by Gasteiger charge is -2.20. The molecule has 10 nitrogen and oxygen atoms in total. The molecule has 7 N–H and O–H groups in total. The molecule has 0 aliphatic heterocycles. The number of carbonyl (C=O) groups is 4. The lowest BCUT2D eigenvalue weighted by molar-refractivity contribution is -0.138. The summed E-state index contributed by atoms with van der Waals surface area (Å²) in [7, 11) is 0. The molecule has 0 aliphatic rings. The number of aliphatic carboxylic acids is 1. The maximum Gasteiger partial charge on any atom is 0.322 e. The second-order valence-electron chi connectivity index (χ2n) is 6.73. The Bertz CT molecular complexity index is 722. The van der Waals surface area contributed by atoms with Gasteiger partial charge < -0.3 is 31.9 Å². The fraction of sp³-hybridized carbons (Fsp3) is 0.474. The van der Waals surface area contributed by atoms with E-state index >= 15 is 0 Å². The largest absolute Gasteiger partial charge is 0.508 e. The minimum Gasteiger partial charge on any atom is -0.508 e. The van der Waals surface area contributed by atoms with E-state index in [9.17, 15) is 24.3 Å². The molecular formula is C19H28N4O6. The molecule has 0 fully saturated rings. The third kappa shape index (κ3) is 8.60. The van der Waals surface area contributed by atoms with Crippen LogP contribution in [-0.2, 0) is 25.6 Å². The van der Waals surface area contributed by atoms with Crippen molar-refractivity contribution in [1.29, 1.82) is 0 Å². The Morgan fingerprint density at radius 2 is 1.62 bits per heavy atom. The van der Waals surface area contributed by atoms with Crippen LogP contribution in [0.3, 0.4) is 0 Å². The van der Waals surface area contributed by atoms with E-state index in [0.29, 0.717) is 12.0 Å². The molecule has 3 unspecified atom stereocenters. The lowest BCUT2D eigenvalue weighted by atomic mass is 9.99. The molecule has 0 aliphatic carbocycles. The van der Waals surface area contributed by atoms with Crippen LogP contribution >= 0.6 is 0 Å². The average Bonchev–Trinajstić information content (AvgIpc) is 2.69. The Balaban J connectivity index is 2.72. The summed E-state index contributed by atoms with van der Waals surface area (Å²) in [5, 5.41) is 25.2. The molecule has 3 atom stereocenters. The smallest absolute Gasteiger partial charge is 0.322 e. The maximum absolute atomic E-state index is 12.3. The number of nitrogens with two attached hydrogens (primary N) is 1. The van der Waals surface area contributed by atoms with Gasteiger partial charge in [-0.3, -0.25) is 19.2 Å². The first kappa shape index (κ1) is 23.9. The summed E-state index contributed by atoms with van der Waals surface area (Å²) in [6.45, 7) is 2.75. The fourth-order valence-electron chi connectivity index (χ4n) is 2.41. The first-order valence-electron chi connectivity index (χ1n) is 9.24. The fourth-order valence-corrected chi connectivity index (χ4v) is 2.41. The Morgan fingerprint density at radius 1 is 1.03 bits per heavy atom. The van der Waals surface area contributed by atoms with Crippen molar-refractivity contribution in [1.82, 2.24) is 16.0 Å². The van der Waals surface area contributed by atoms with Crippen molar-refractivity contribution in [2.75, 3.05) is 13.1 Å². The van der Waals surface area contributed by atoms with Crippen LogP contribution in [0.2, 0.25) is 0 Å². The van der Waals surface area contributed by atoms with E-state index in [-0.39, 0.29) is 24.6 Å². The van der Waals surface area contributed by atoms with Crippen LogP contribution in [0.15, 0.2) is 24.3 Å². The molecule has 0 saturated heterocycles. The highest BCUT2D eigenvalue weighted by Crippen LogP contribution is 2.11. The normalized spacial score (nSPS) is 13.6. The second-order valence-corrected chi connectivity index (χ2v) is 6.73. The zero-order valence-corrected chi connectivity index (χ0v) is 16.5. The van der Waals surface area contributed by atoms with Crippen molar-refractivity contribution in [3.63, 3.8) is 0 Å². The minimum absolute atomic E-state index is 0.0463. The van der Waals surface area contributed by atoms with E-state index < -0.39 is 42.3 Å². The van der Waals surface area contributed by atoms with Crippen molar-refractivity contribution >= 4 is 23.7 Å². The zero-order valence-electron chi connectivity index (χ0n) is 16.5. The first-order valence-corrected chi connectivity index (χ1v) is 9.24. The van der Waals surface area contributed by atoms with Crippen molar-refractivity contribution < 1.29 is 29.4 Å². The van der Waals surface area contributed by atoms with E-state index in [0.717, 1.165) is 0 Å². The molecule has 0 heterocycles. The maximum atomic E-state index is 12.3. The van der Waals surface area contributed by atoms with Gasteiger partial charge in [-0.25, -0.2) is 0 Å². The van der Waals surface area contributed by atoms with Gasteiger partial charge in [0.2, 0.25) is 17.7 Å². The van der Waals surface area contributed by atoms with Gasteiger partial charge in [0.1, 0.15) is 18.3 Å². The number of carboxylic acid groups (broad SMARTS) is 1. The molecule has 0 saturated carbocycles. The molecule has 0 spiro atoms. The number of phenols is 1. The molecule has 1 rings (SSSR count). The van der Waals surface area contributed by atoms with Crippen LogP contribution in [-0.4, -0.2) is 59.1 Å². The number of carboxylic acids is 1. The van der Waals surface area contributed by atoms with E-state index in [4.69, 9.17) is 10.8 Å². The van der Waals surface area contributed by atoms with Crippen LogP contribution in [0.25, 0.3) is 0 Å². The van der Waals surface area contributed by atoms with Crippen LogP contribution in [0.5, 0.6) is 5.75 Å². The number of nitrogens with one attached hydrogen (secondary N) is 3. The van der Waals surface area contributed by atoms with Gasteiger partial charge in [0.15, 0.2) is 0 Å². The number of rotatable bonds is 11. The van der Waals surface area contributed by atoms with Crippen LogP contribution in [0.4, 0.5) is 0 Å². The lowest BCUT2D eigenvalue weighted by Crippen LogP contribution is -2.52. The van der Waals surface area contributed by atoms with Gasteiger partial charge in [-0.1, -0.05) is 32.4 Å². The van der Waals surface area contributed by atoms with E-state index in [1.54, 1.807) is 12.1 Å². The quantitative estimate of drug-likeness (QED) is 0.276. The summed E-state index contributed by atoms with van der Waals surface area (Å²) < 4.78 is 0. The van der Waals surface area contributed by atoms with Gasteiger partial charge in [0.05, 0.1) is 12.6 Å². The summed E-state index contributed by atoms with van der Waals surface area (Å²) in [6.07, 6.45) is 0.775. The Kier molecular flexibility index (Phi) is 9.60. The second kappa shape index (κ2) is 11.6. The van der Waals surface area contributed by atoms with E-state index in [2.05, 4.69) is 16.0 Å². The molecule has 10 heteroatoms. The van der Waals surface area contributed by atoms with E-state index in [1.807, 2.05) is 13.8 Å². The Hall–Kier alpha value is -3.14. The Morgan fingerprint density at radius 3 is 2.17 bits per heavy atom. The summed E-state index contributed by atoms with van der Waals surface area (Å²) in [4.78, 5) is 47.1. The van der Waals surface area contributed by atoms with E-state index in [1.165, 1.54) is 12.1 Å². The summed E-state index contributed by atoms with van der Waals surface area (Å²) in [5.74, 6) is -3.01. The first-order chi connectivity index (χ1) is 13.6. The molecule has 29 heavy (non-hydrogen) atoms. The topological polar surface area (TPSA) is 171 Å². The molecule has 1 aromatic carbocycles. The highest BCUT2D eigenvalue weighted by Gasteiger charge is 2.23. The number of hydrogen-bond acceptors (Lipinski definition) is 6. The number of phenolic OH excluding ortho intramolecular Hbond substituents is 1. The van der Waals surface area contributed by atoms with Gasteiger partial charge >= 0.3 is 5.97 Å². The predicted octanol–water partition coefficient (Wildman–Crippen LogP) is -0.890. The highest BCUT2D eigenvalue weighted by atomic mass is 16.4. The number of aromatic hydroxyl groups is 1. The van der Waals surface area contributed by atoms with Gasteiger partial charge in [-0.05, 0) is 23.6 Å². The third-order valence-electron chi connectivity index (χ3n) is 4.42. The van der Waals surface area contributed by atoms with Crippen molar-refractivity contribution in [2.24, 2.45) is 11.7 Å². The van der Waals surface area contributed by atoms with Gasteiger partial charge in [-0.15, -0.1) is 0 Å². The summed E-state index contributed by atoms with van der Waals surface area (Å²) in [5.41, 5.74) is 6.45. The third-order valence-corrected chi connectivity index (χ3v) is 4.42. The predicted molar refractivity (Wildman–Crippen MR) is 105 cm³/mol. The highest BCUT2D eigenvalue weighted by molar-refractivity contribution is 5.92. The van der Waals surface area contributed by atoms with Crippen molar-refractivity contribution in [3.05, 3.63) is 29.8 Å². The molecule has 0 bridgehead atoms. The van der Waals surface area contributed by atoms with Gasteiger partial charge in [0, 0.05) is 6.42 Å². The van der Waals surface area contributed by atoms with Gasteiger partial charge in [0.25, 0.3) is 0 Å². The molecule has 0 radical (unpaired) electrons. The molecule has 0 aromatic heterocycles. The zero-order chi connectivity index (χ0) is 22.0.